The van der Waals surface area contributed by atoms with Crippen molar-refractivity contribution in [3.8, 4) is 0 Å². The summed E-state index contributed by atoms with van der Waals surface area (Å²) in [5.74, 6) is 0.562. The minimum atomic E-state index is -0.0917. The second kappa shape index (κ2) is 5.95. The maximum atomic E-state index is 12.1. The van der Waals surface area contributed by atoms with E-state index in [-0.39, 0.29) is 11.4 Å². The van der Waals surface area contributed by atoms with Crippen LogP contribution in [0, 0.1) is 5.92 Å². The van der Waals surface area contributed by atoms with E-state index >= 15 is 0 Å². The van der Waals surface area contributed by atoms with Gasteiger partial charge in [-0.15, -0.1) is 0 Å². The minimum absolute atomic E-state index is 0.0181. The molecular formula is C15H26N4O. The third-order valence-corrected chi connectivity index (χ3v) is 3.90. The number of likely N-dealkylation sites (tertiary alicyclic amines) is 1. The van der Waals surface area contributed by atoms with E-state index in [1.54, 1.807) is 6.20 Å². The van der Waals surface area contributed by atoms with E-state index in [1.807, 2.05) is 10.9 Å². The van der Waals surface area contributed by atoms with Gasteiger partial charge in [-0.05, 0) is 46.2 Å². The molecule has 0 aliphatic carbocycles. The van der Waals surface area contributed by atoms with Gasteiger partial charge < -0.3 is 10.2 Å². The number of hydrogen-bond acceptors (Lipinski definition) is 3. The lowest BCUT2D eigenvalue weighted by Gasteiger charge is -2.18. The third-order valence-electron chi connectivity index (χ3n) is 3.90. The van der Waals surface area contributed by atoms with Gasteiger partial charge in [0.25, 0.3) is 5.91 Å². The van der Waals surface area contributed by atoms with Crippen LogP contribution in [0.25, 0.3) is 0 Å². The Labute approximate surface area is 121 Å². The molecule has 1 amide bonds. The van der Waals surface area contributed by atoms with E-state index < -0.39 is 0 Å². The molecule has 20 heavy (non-hydrogen) atoms. The van der Waals surface area contributed by atoms with E-state index in [0.717, 1.165) is 26.2 Å². The molecule has 112 valence electrons. The number of nitrogens with zero attached hydrogens (tertiary/aromatic N) is 3. The average Bonchev–Trinajstić information content (AvgIpc) is 3.04. The summed E-state index contributed by atoms with van der Waals surface area (Å²) in [5.41, 5.74) is 0.552. The maximum Gasteiger partial charge on any atom is 0.254 e. The number of carbonyl (C=O) groups is 1. The molecule has 1 N–H and O–H groups in total. The molecular weight excluding hydrogens is 252 g/mol. The standard InChI is InChI=1S/C15H26N4O/c1-5-18-7-6-12(10-18)8-16-14(20)13-9-17-19(11-13)15(2,3)4/h9,11-12H,5-8,10H2,1-4H3,(H,16,20). The fraction of sp³-hybridized carbons (Fsp3) is 0.733. The van der Waals surface area contributed by atoms with Gasteiger partial charge >= 0.3 is 0 Å². The van der Waals surface area contributed by atoms with Crippen molar-refractivity contribution in [2.45, 2.75) is 39.7 Å². The average molecular weight is 278 g/mol. The van der Waals surface area contributed by atoms with E-state index in [0.29, 0.717) is 11.5 Å². The molecule has 0 spiro atoms. The van der Waals surface area contributed by atoms with E-state index in [9.17, 15) is 4.79 Å². The minimum Gasteiger partial charge on any atom is -0.352 e. The van der Waals surface area contributed by atoms with Gasteiger partial charge in [-0.25, -0.2) is 0 Å². The van der Waals surface area contributed by atoms with Crippen molar-refractivity contribution in [3.05, 3.63) is 18.0 Å². The van der Waals surface area contributed by atoms with Crippen LogP contribution >= 0.6 is 0 Å². The molecule has 0 saturated carbocycles. The van der Waals surface area contributed by atoms with Crippen molar-refractivity contribution < 1.29 is 4.79 Å². The smallest absolute Gasteiger partial charge is 0.254 e. The lowest BCUT2D eigenvalue weighted by atomic mass is 10.1. The van der Waals surface area contributed by atoms with E-state index in [2.05, 4.69) is 43.0 Å². The highest BCUT2D eigenvalue weighted by atomic mass is 16.1. The molecule has 0 aromatic carbocycles. The number of amides is 1. The first-order chi connectivity index (χ1) is 9.40. The zero-order valence-electron chi connectivity index (χ0n) is 13.0. The van der Waals surface area contributed by atoms with Crippen LogP contribution in [0.2, 0.25) is 0 Å². The molecule has 1 atom stereocenters. The summed E-state index contributed by atoms with van der Waals surface area (Å²) in [6.45, 7) is 12.5. The van der Waals surface area contributed by atoms with Crippen LogP contribution < -0.4 is 5.32 Å². The summed E-state index contributed by atoms with van der Waals surface area (Å²) in [5, 5.41) is 7.29. The van der Waals surface area contributed by atoms with Crippen molar-refractivity contribution in [2.24, 2.45) is 5.92 Å². The van der Waals surface area contributed by atoms with Gasteiger partial charge in [-0.2, -0.15) is 5.10 Å². The van der Waals surface area contributed by atoms with Crippen molar-refractivity contribution >= 4 is 5.91 Å². The number of rotatable bonds is 4. The fourth-order valence-corrected chi connectivity index (χ4v) is 2.51. The highest BCUT2D eigenvalue weighted by Gasteiger charge is 2.22. The quantitative estimate of drug-likeness (QED) is 0.912. The Morgan fingerprint density at radius 1 is 1.50 bits per heavy atom. The van der Waals surface area contributed by atoms with E-state index in [4.69, 9.17) is 0 Å². The Morgan fingerprint density at radius 3 is 2.80 bits per heavy atom. The summed E-state index contributed by atoms with van der Waals surface area (Å²) >= 11 is 0. The molecule has 1 aliphatic rings. The maximum absolute atomic E-state index is 12.1. The Balaban J connectivity index is 1.85. The number of nitrogens with one attached hydrogen (secondary N) is 1. The Hall–Kier alpha value is -1.36. The first-order valence-corrected chi connectivity index (χ1v) is 7.46. The first kappa shape index (κ1) is 15.0. The summed E-state index contributed by atoms with van der Waals surface area (Å²) in [7, 11) is 0. The number of carbonyl (C=O) groups excluding carboxylic acids is 1. The molecule has 0 bridgehead atoms. The predicted octanol–water partition coefficient (Wildman–Crippen LogP) is 1.71. The molecule has 1 saturated heterocycles. The third kappa shape index (κ3) is 3.60. The van der Waals surface area contributed by atoms with Gasteiger partial charge in [0.05, 0.1) is 17.3 Å². The van der Waals surface area contributed by atoms with Gasteiger partial charge in [-0.3, -0.25) is 9.48 Å². The Kier molecular flexibility index (Phi) is 4.48. The van der Waals surface area contributed by atoms with Gasteiger partial charge in [0.1, 0.15) is 0 Å². The van der Waals surface area contributed by atoms with Crippen molar-refractivity contribution in [2.75, 3.05) is 26.2 Å². The van der Waals surface area contributed by atoms with Crippen molar-refractivity contribution in [1.29, 1.82) is 0 Å². The second-order valence-electron chi connectivity index (χ2n) is 6.60. The molecule has 2 heterocycles. The topological polar surface area (TPSA) is 50.2 Å². The van der Waals surface area contributed by atoms with Crippen molar-refractivity contribution in [1.82, 2.24) is 20.0 Å². The summed E-state index contributed by atoms with van der Waals surface area (Å²) in [6, 6.07) is 0. The molecule has 5 nitrogen and oxygen atoms in total. The Morgan fingerprint density at radius 2 is 2.25 bits per heavy atom. The molecule has 1 aromatic heterocycles. The lowest BCUT2D eigenvalue weighted by Crippen LogP contribution is -2.31. The number of hydrogen-bond donors (Lipinski definition) is 1. The second-order valence-corrected chi connectivity index (χ2v) is 6.60. The molecule has 0 radical (unpaired) electrons. The van der Waals surface area contributed by atoms with Crippen LogP contribution in [-0.4, -0.2) is 46.8 Å². The molecule has 1 fully saturated rings. The SMILES string of the molecule is CCN1CCC(CNC(=O)c2cnn(C(C)(C)C)c2)C1. The largest absolute Gasteiger partial charge is 0.352 e. The van der Waals surface area contributed by atoms with Crippen LogP contribution in [-0.2, 0) is 5.54 Å². The van der Waals surface area contributed by atoms with Gasteiger partial charge in [0.15, 0.2) is 0 Å². The summed E-state index contributed by atoms with van der Waals surface area (Å²) < 4.78 is 1.83. The van der Waals surface area contributed by atoms with Gasteiger partial charge in [0.2, 0.25) is 0 Å². The Bertz CT molecular complexity index is 461. The molecule has 1 unspecified atom stereocenters. The summed E-state index contributed by atoms with van der Waals surface area (Å²) in [6.07, 6.45) is 4.64. The fourth-order valence-electron chi connectivity index (χ4n) is 2.51. The predicted molar refractivity (Wildman–Crippen MR) is 79.8 cm³/mol. The van der Waals surface area contributed by atoms with Crippen LogP contribution in [0.1, 0.15) is 44.5 Å². The zero-order chi connectivity index (χ0) is 14.8. The van der Waals surface area contributed by atoms with E-state index in [1.165, 1.54) is 6.42 Å². The zero-order valence-corrected chi connectivity index (χ0v) is 13.0. The van der Waals surface area contributed by atoms with Crippen molar-refractivity contribution in [3.63, 3.8) is 0 Å². The van der Waals surface area contributed by atoms with Gasteiger partial charge in [-0.1, -0.05) is 6.92 Å². The highest BCUT2D eigenvalue weighted by Crippen LogP contribution is 2.15. The lowest BCUT2D eigenvalue weighted by molar-refractivity contribution is 0.0947. The molecule has 5 heteroatoms. The molecule has 1 aromatic rings. The monoisotopic (exact) mass is 278 g/mol. The van der Waals surface area contributed by atoms with Gasteiger partial charge in [0, 0.05) is 19.3 Å². The van der Waals surface area contributed by atoms with Crippen LogP contribution in [0.3, 0.4) is 0 Å². The highest BCUT2D eigenvalue weighted by molar-refractivity contribution is 5.93. The van der Waals surface area contributed by atoms with Crippen LogP contribution in [0.5, 0.6) is 0 Å². The summed E-state index contributed by atoms with van der Waals surface area (Å²) in [4.78, 5) is 14.5. The van der Waals surface area contributed by atoms with Crippen LogP contribution in [0.4, 0.5) is 0 Å². The first-order valence-electron chi connectivity index (χ1n) is 7.46. The number of aromatic nitrogens is 2. The molecule has 1 aliphatic heterocycles. The normalized spacial score (nSPS) is 20.3. The molecule has 2 rings (SSSR count). The van der Waals surface area contributed by atoms with Crippen LogP contribution in [0.15, 0.2) is 12.4 Å².